The Labute approximate surface area is 355 Å². The van der Waals surface area contributed by atoms with E-state index in [9.17, 15) is 19.2 Å². The van der Waals surface area contributed by atoms with Crippen molar-refractivity contribution in [3.63, 3.8) is 0 Å². The summed E-state index contributed by atoms with van der Waals surface area (Å²) >= 11 is 0. The van der Waals surface area contributed by atoms with Gasteiger partial charge in [-0.15, -0.1) is 0 Å². The van der Waals surface area contributed by atoms with Crippen molar-refractivity contribution >= 4 is 23.8 Å². The van der Waals surface area contributed by atoms with E-state index in [0.29, 0.717) is 12.8 Å². The number of carbonyl (C=O) groups is 4. The van der Waals surface area contributed by atoms with Crippen LogP contribution in [0.4, 0.5) is 0 Å². The monoisotopic (exact) mass is 817 g/mol. The van der Waals surface area contributed by atoms with Gasteiger partial charge in [-0.25, -0.2) is 4.79 Å². The average Bonchev–Trinajstić information content (AvgIpc) is 3.21. The fourth-order valence-corrected chi connectivity index (χ4v) is 6.89. The third kappa shape index (κ3) is 39.9. The molecule has 0 heterocycles. The van der Waals surface area contributed by atoms with Crippen molar-refractivity contribution in [2.45, 2.75) is 238 Å². The summed E-state index contributed by atoms with van der Waals surface area (Å²) in [5.41, 5.74) is 0. The van der Waals surface area contributed by atoms with E-state index in [1.165, 1.54) is 135 Å². The van der Waals surface area contributed by atoms with Gasteiger partial charge in [0.15, 0.2) is 0 Å². The molecule has 0 rings (SSSR count). The van der Waals surface area contributed by atoms with Crippen LogP contribution in [-0.2, 0) is 23.9 Å². The highest BCUT2D eigenvalue weighted by atomic mass is 16.5. The van der Waals surface area contributed by atoms with Crippen molar-refractivity contribution < 1.29 is 34.1 Å². The number of esters is 1. The fourth-order valence-electron chi connectivity index (χ4n) is 6.89. The number of aliphatic hydroxyl groups excluding tert-OH is 1. The molecule has 2 atom stereocenters. The van der Waals surface area contributed by atoms with E-state index in [0.717, 1.165) is 57.8 Å². The van der Waals surface area contributed by atoms with Gasteiger partial charge >= 0.3 is 11.9 Å². The first-order chi connectivity index (χ1) is 28.3. The molecular weight excluding hydrogens is 729 g/mol. The van der Waals surface area contributed by atoms with E-state index in [2.05, 4.69) is 60.9 Å². The lowest BCUT2D eigenvalue weighted by Gasteiger charge is -2.15. The molecule has 0 radical (unpaired) electrons. The number of nitrogens with one attached hydrogen (secondary N) is 2. The molecule has 0 saturated carbocycles. The number of carboxylic acids is 1. The van der Waals surface area contributed by atoms with Gasteiger partial charge in [0.25, 0.3) is 0 Å². The number of carboxylic acid groups (broad SMARTS) is 1. The second-order valence-corrected chi connectivity index (χ2v) is 16.2. The van der Waals surface area contributed by atoms with Gasteiger partial charge in [0.05, 0.1) is 13.2 Å². The van der Waals surface area contributed by atoms with Crippen LogP contribution in [0.5, 0.6) is 0 Å². The van der Waals surface area contributed by atoms with Gasteiger partial charge in [0, 0.05) is 12.8 Å². The van der Waals surface area contributed by atoms with Crippen LogP contribution in [0, 0.1) is 0 Å². The summed E-state index contributed by atoms with van der Waals surface area (Å²) in [5, 5.41) is 22.6. The third-order valence-corrected chi connectivity index (χ3v) is 10.6. The number of amides is 2. The highest BCUT2D eigenvalue weighted by Crippen LogP contribution is 2.16. The number of rotatable bonds is 43. The lowest BCUT2D eigenvalue weighted by molar-refractivity contribution is -0.147. The molecule has 0 saturated heterocycles. The maximum Gasteiger partial charge on any atom is 0.328 e. The second kappa shape index (κ2) is 43.6. The molecule has 0 aliphatic rings. The zero-order valence-corrected chi connectivity index (χ0v) is 37.3. The number of unbranched alkanes of at least 4 members (excludes halogenated alkanes) is 25. The molecule has 4 N–H and O–H groups in total. The Balaban J connectivity index is 4.11. The molecule has 0 aliphatic heterocycles. The standard InChI is InChI=1S/C49H88N2O7/c1-3-5-7-9-11-13-14-15-16-17-18-19-20-21-22-23-24-25-26-27-29-31-37-41-48(55)58-44(38-34-30-28-12-10-8-6-4-2)39-35-32-33-36-40-46(53)50-42-47(54)51-45(43-52)49(56)57/h14-15,17-18,34,38,44-45,52H,3-13,16,19-33,35-37,39-43H2,1-2H3,(H,50,53)(H,51,54)(H,56,57)/b15-14-,18-17-,38-34-. The predicted molar refractivity (Wildman–Crippen MR) is 241 cm³/mol. The maximum atomic E-state index is 12.8. The van der Waals surface area contributed by atoms with Crippen molar-refractivity contribution in [3.05, 3.63) is 36.5 Å². The number of hydrogen-bond donors (Lipinski definition) is 4. The van der Waals surface area contributed by atoms with E-state index in [1.807, 2.05) is 0 Å². The Morgan fingerprint density at radius 1 is 0.534 bits per heavy atom. The fraction of sp³-hybridized carbons (Fsp3) is 0.796. The van der Waals surface area contributed by atoms with Gasteiger partial charge < -0.3 is 25.6 Å². The molecule has 58 heavy (non-hydrogen) atoms. The lowest BCUT2D eigenvalue weighted by atomic mass is 10.0. The Morgan fingerprint density at radius 2 is 0.983 bits per heavy atom. The normalized spacial score (nSPS) is 12.7. The van der Waals surface area contributed by atoms with Crippen LogP contribution in [0.15, 0.2) is 36.5 Å². The molecule has 2 amide bonds. The molecule has 0 bridgehead atoms. The molecule has 0 aliphatic carbocycles. The van der Waals surface area contributed by atoms with E-state index >= 15 is 0 Å². The summed E-state index contributed by atoms with van der Waals surface area (Å²) in [6.07, 6.45) is 50.6. The second-order valence-electron chi connectivity index (χ2n) is 16.2. The Hall–Kier alpha value is -2.94. The first-order valence-corrected chi connectivity index (χ1v) is 23.9. The minimum absolute atomic E-state index is 0.112. The van der Waals surface area contributed by atoms with Crippen molar-refractivity contribution in [2.75, 3.05) is 13.2 Å². The van der Waals surface area contributed by atoms with Crippen molar-refractivity contribution in [1.29, 1.82) is 0 Å². The molecule has 0 aromatic heterocycles. The number of aliphatic carboxylic acids is 1. The van der Waals surface area contributed by atoms with Gasteiger partial charge in [0.2, 0.25) is 11.8 Å². The molecule has 9 heteroatoms. The SMILES string of the molecule is CCCCCCC/C=C\C/C=C\CCCCCCCCCCCCCC(=O)OC(/C=C\CCCCCCCC)CCCCCCC(=O)NCC(=O)NC(CO)C(=O)O. The summed E-state index contributed by atoms with van der Waals surface area (Å²) in [4.78, 5) is 47.6. The topological polar surface area (TPSA) is 142 Å². The molecule has 0 spiro atoms. The van der Waals surface area contributed by atoms with Crippen molar-refractivity contribution in [2.24, 2.45) is 0 Å². The van der Waals surface area contributed by atoms with Crippen LogP contribution >= 0.6 is 0 Å². The van der Waals surface area contributed by atoms with Gasteiger partial charge in [-0.2, -0.15) is 0 Å². The Bertz CT molecular complexity index is 1070. The zero-order chi connectivity index (χ0) is 42.6. The van der Waals surface area contributed by atoms with Crippen molar-refractivity contribution in [1.82, 2.24) is 10.6 Å². The largest absolute Gasteiger partial charge is 0.480 e. The first kappa shape index (κ1) is 55.1. The maximum absolute atomic E-state index is 12.8. The van der Waals surface area contributed by atoms with Crippen LogP contribution in [0.2, 0.25) is 0 Å². The van der Waals surface area contributed by atoms with Crippen molar-refractivity contribution in [3.8, 4) is 0 Å². The van der Waals surface area contributed by atoms with Gasteiger partial charge in [-0.05, 0) is 76.7 Å². The number of carbonyl (C=O) groups excluding carboxylic acids is 3. The van der Waals surface area contributed by atoms with Crippen LogP contribution < -0.4 is 10.6 Å². The van der Waals surface area contributed by atoms with Crippen LogP contribution in [0.25, 0.3) is 0 Å². The molecule has 0 fully saturated rings. The number of aliphatic hydroxyl groups is 1. The van der Waals surface area contributed by atoms with E-state index < -0.39 is 24.5 Å². The first-order valence-electron chi connectivity index (χ1n) is 23.9. The number of allylic oxidation sites excluding steroid dienone is 5. The number of ether oxygens (including phenoxy) is 1. The molecular formula is C49H88N2O7. The summed E-state index contributed by atoms with van der Waals surface area (Å²) in [7, 11) is 0. The zero-order valence-electron chi connectivity index (χ0n) is 37.3. The van der Waals surface area contributed by atoms with Gasteiger partial charge in [-0.3, -0.25) is 14.4 Å². The van der Waals surface area contributed by atoms with E-state index in [1.54, 1.807) is 0 Å². The van der Waals surface area contributed by atoms with Crippen LogP contribution in [-0.4, -0.2) is 59.3 Å². The molecule has 0 aromatic carbocycles. The van der Waals surface area contributed by atoms with Gasteiger partial charge in [0.1, 0.15) is 12.1 Å². The van der Waals surface area contributed by atoms with Crippen LogP contribution in [0.3, 0.4) is 0 Å². The molecule has 2 unspecified atom stereocenters. The average molecular weight is 817 g/mol. The minimum Gasteiger partial charge on any atom is -0.480 e. The van der Waals surface area contributed by atoms with Gasteiger partial charge in [-0.1, -0.05) is 173 Å². The summed E-state index contributed by atoms with van der Waals surface area (Å²) in [6, 6.07) is -1.39. The van der Waals surface area contributed by atoms with E-state index in [4.69, 9.17) is 14.9 Å². The highest BCUT2D eigenvalue weighted by molar-refractivity contribution is 5.87. The smallest absolute Gasteiger partial charge is 0.328 e. The Morgan fingerprint density at radius 3 is 1.48 bits per heavy atom. The molecule has 0 aromatic rings. The summed E-state index contributed by atoms with van der Waals surface area (Å²) in [6.45, 7) is 3.44. The molecule has 336 valence electrons. The third-order valence-electron chi connectivity index (χ3n) is 10.6. The Kier molecular flexibility index (Phi) is 41.4. The van der Waals surface area contributed by atoms with E-state index in [-0.39, 0.29) is 30.9 Å². The molecule has 9 nitrogen and oxygen atoms in total. The quantitative estimate of drug-likeness (QED) is 0.0273. The minimum atomic E-state index is -1.39. The number of hydrogen-bond acceptors (Lipinski definition) is 6. The summed E-state index contributed by atoms with van der Waals surface area (Å²) in [5.74, 6) is -2.39. The highest BCUT2D eigenvalue weighted by Gasteiger charge is 2.18. The lowest BCUT2D eigenvalue weighted by Crippen LogP contribution is -2.47. The predicted octanol–water partition coefficient (Wildman–Crippen LogP) is 12.2. The van der Waals surface area contributed by atoms with Crippen LogP contribution in [0.1, 0.15) is 226 Å². The summed E-state index contributed by atoms with van der Waals surface area (Å²) < 4.78 is 5.92.